The molecule has 0 saturated carbocycles. The molecule has 31 heavy (non-hydrogen) atoms. The van der Waals surface area contributed by atoms with E-state index in [-0.39, 0.29) is 18.1 Å². The van der Waals surface area contributed by atoms with E-state index >= 15 is 0 Å². The zero-order valence-electron chi connectivity index (χ0n) is 16.0. The van der Waals surface area contributed by atoms with Crippen molar-refractivity contribution in [2.24, 2.45) is 0 Å². The Bertz CT molecular complexity index is 1100. The Morgan fingerprint density at radius 2 is 2.06 bits per heavy atom. The number of benzene rings is 1. The van der Waals surface area contributed by atoms with Crippen LogP contribution in [0.15, 0.2) is 47.3 Å². The van der Waals surface area contributed by atoms with Crippen molar-refractivity contribution >= 4 is 34.0 Å². The topological polar surface area (TPSA) is 87.5 Å². The van der Waals surface area contributed by atoms with E-state index in [1.807, 2.05) is 4.90 Å². The van der Waals surface area contributed by atoms with Crippen molar-refractivity contribution in [3.05, 3.63) is 64.6 Å². The van der Waals surface area contributed by atoms with Gasteiger partial charge >= 0.3 is 6.18 Å². The van der Waals surface area contributed by atoms with Crippen LogP contribution in [0.2, 0.25) is 0 Å². The lowest BCUT2D eigenvalue weighted by Crippen LogP contribution is -2.36. The third-order valence-corrected chi connectivity index (χ3v) is 5.65. The number of fused-ring (bicyclic) bond motifs is 1. The third kappa shape index (κ3) is 5.12. The lowest BCUT2D eigenvalue weighted by atomic mass is 10.1. The van der Waals surface area contributed by atoms with Crippen LogP contribution in [0.4, 0.5) is 24.0 Å². The number of aromatic nitrogens is 1. The molecule has 0 fully saturated rings. The molecule has 11 heteroatoms. The molecule has 162 valence electrons. The van der Waals surface area contributed by atoms with Crippen molar-refractivity contribution in [1.29, 1.82) is 0 Å². The summed E-state index contributed by atoms with van der Waals surface area (Å²) >= 11 is 1.33. The number of thiazole rings is 1. The number of nitrogens with one attached hydrogen (secondary N) is 2. The maximum Gasteiger partial charge on any atom is 0.416 e. The molecule has 0 radical (unpaired) electrons. The monoisotopic (exact) mass is 450 g/mol. The Hall–Kier alpha value is -3.18. The minimum Gasteiger partial charge on any atom is -0.472 e. The highest BCUT2D eigenvalue weighted by atomic mass is 32.1. The molecule has 0 atom stereocenters. The van der Waals surface area contributed by atoms with Gasteiger partial charge in [0.2, 0.25) is 5.91 Å². The Kier molecular flexibility index (Phi) is 5.79. The summed E-state index contributed by atoms with van der Waals surface area (Å²) in [7, 11) is 0. The van der Waals surface area contributed by atoms with Crippen molar-refractivity contribution < 1.29 is 27.2 Å². The normalized spacial score (nSPS) is 14.2. The molecule has 0 aliphatic carbocycles. The lowest BCUT2D eigenvalue weighted by molar-refractivity contribution is -0.137. The fourth-order valence-electron chi connectivity index (χ4n) is 3.18. The van der Waals surface area contributed by atoms with E-state index in [1.165, 1.54) is 36.0 Å². The number of nitrogens with zero attached hydrogens (tertiary/aromatic N) is 2. The molecule has 2 aromatic heterocycles. The lowest BCUT2D eigenvalue weighted by Gasteiger charge is -2.25. The molecular weight excluding hydrogens is 433 g/mol. The van der Waals surface area contributed by atoms with E-state index < -0.39 is 17.6 Å². The number of anilines is 2. The average Bonchev–Trinajstić information content (AvgIpc) is 3.36. The minimum atomic E-state index is -4.47. The van der Waals surface area contributed by atoms with E-state index in [9.17, 15) is 22.8 Å². The summed E-state index contributed by atoms with van der Waals surface area (Å²) in [4.78, 5) is 31.7. The molecule has 2 amide bonds. The highest BCUT2D eigenvalue weighted by molar-refractivity contribution is 7.15. The molecule has 2 N–H and O–H groups in total. The molecule has 0 saturated heterocycles. The summed E-state index contributed by atoms with van der Waals surface area (Å²) in [5.74, 6) is -0.724. The Balaban J connectivity index is 1.34. The molecule has 0 bridgehead atoms. The summed E-state index contributed by atoms with van der Waals surface area (Å²) in [6, 6.07) is 6.08. The van der Waals surface area contributed by atoms with Gasteiger partial charge in [-0.05, 0) is 24.3 Å². The first-order chi connectivity index (χ1) is 14.8. The molecular formula is C20H17F3N4O3S. The van der Waals surface area contributed by atoms with Gasteiger partial charge in [0.1, 0.15) is 6.26 Å². The molecule has 0 unspecified atom stereocenters. The zero-order chi connectivity index (χ0) is 22.0. The molecule has 4 rings (SSSR count). The van der Waals surface area contributed by atoms with Gasteiger partial charge in [0, 0.05) is 30.1 Å². The minimum absolute atomic E-state index is 0.0320. The molecule has 1 aliphatic rings. The Labute approximate surface area is 178 Å². The van der Waals surface area contributed by atoms with Crippen molar-refractivity contribution in [3.63, 3.8) is 0 Å². The second kappa shape index (κ2) is 8.52. The van der Waals surface area contributed by atoms with Crippen LogP contribution < -0.4 is 10.6 Å². The van der Waals surface area contributed by atoms with Crippen LogP contribution in [0.25, 0.3) is 0 Å². The number of furan rings is 1. The van der Waals surface area contributed by atoms with Crippen LogP contribution in [0.3, 0.4) is 0 Å². The van der Waals surface area contributed by atoms with Crippen molar-refractivity contribution in [3.8, 4) is 0 Å². The fraction of sp³-hybridized carbons (Fsp3) is 0.250. The summed E-state index contributed by atoms with van der Waals surface area (Å²) in [5, 5.41) is 5.70. The van der Waals surface area contributed by atoms with Crippen LogP contribution in [0.1, 0.15) is 26.5 Å². The van der Waals surface area contributed by atoms with E-state index in [2.05, 4.69) is 15.6 Å². The van der Waals surface area contributed by atoms with Gasteiger partial charge in [-0.15, -0.1) is 11.3 Å². The van der Waals surface area contributed by atoms with E-state index in [4.69, 9.17) is 4.42 Å². The smallest absolute Gasteiger partial charge is 0.416 e. The Morgan fingerprint density at radius 1 is 1.23 bits per heavy atom. The SMILES string of the molecule is O=C(CN1CCc2nc(NC(=O)c3ccoc3)sc2C1)Nc1cccc(C(F)(F)F)c1. The maximum atomic E-state index is 12.8. The highest BCUT2D eigenvalue weighted by Gasteiger charge is 2.30. The summed E-state index contributed by atoms with van der Waals surface area (Å²) < 4.78 is 43.4. The van der Waals surface area contributed by atoms with E-state index in [0.29, 0.717) is 30.2 Å². The number of amides is 2. The highest BCUT2D eigenvalue weighted by Crippen LogP contribution is 2.31. The predicted octanol–water partition coefficient (Wildman–Crippen LogP) is 4.00. The van der Waals surface area contributed by atoms with Crippen LogP contribution in [-0.4, -0.2) is 34.8 Å². The van der Waals surface area contributed by atoms with Gasteiger partial charge in [0.25, 0.3) is 5.91 Å². The number of alkyl halides is 3. The number of halogens is 3. The number of carbonyl (C=O) groups excluding carboxylic acids is 2. The van der Waals surface area contributed by atoms with Gasteiger partial charge in [-0.3, -0.25) is 19.8 Å². The summed E-state index contributed by atoms with van der Waals surface area (Å²) in [5.41, 5.74) is 0.533. The van der Waals surface area contributed by atoms with Crippen LogP contribution in [-0.2, 0) is 23.9 Å². The second-order valence-corrected chi connectivity index (χ2v) is 8.03. The number of carbonyl (C=O) groups is 2. The van der Waals surface area contributed by atoms with Gasteiger partial charge in [0.15, 0.2) is 5.13 Å². The van der Waals surface area contributed by atoms with Gasteiger partial charge in [-0.1, -0.05) is 6.07 Å². The molecule has 0 spiro atoms. The third-order valence-electron chi connectivity index (χ3n) is 4.65. The first-order valence-corrected chi connectivity index (χ1v) is 10.1. The van der Waals surface area contributed by atoms with Gasteiger partial charge in [0.05, 0.1) is 29.6 Å². The van der Waals surface area contributed by atoms with E-state index in [1.54, 1.807) is 6.07 Å². The molecule has 1 aromatic carbocycles. The van der Waals surface area contributed by atoms with Crippen LogP contribution >= 0.6 is 11.3 Å². The van der Waals surface area contributed by atoms with Crippen LogP contribution in [0.5, 0.6) is 0 Å². The zero-order valence-corrected chi connectivity index (χ0v) is 16.8. The summed E-state index contributed by atoms with van der Waals surface area (Å²) in [6.45, 7) is 1.07. The second-order valence-electron chi connectivity index (χ2n) is 6.94. The van der Waals surface area contributed by atoms with Gasteiger partial charge in [-0.2, -0.15) is 13.2 Å². The largest absolute Gasteiger partial charge is 0.472 e. The summed E-state index contributed by atoms with van der Waals surface area (Å²) in [6.07, 6.45) is -1.12. The molecule has 3 heterocycles. The maximum absolute atomic E-state index is 12.8. The quantitative estimate of drug-likeness (QED) is 0.614. The average molecular weight is 450 g/mol. The predicted molar refractivity (Wildman–Crippen MR) is 108 cm³/mol. The molecule has 7 nitrogen and oxygen atoms in total. The molecule has 3 aromatic rings. The van der Waals surface area contributed by atoms with Crippen molar-refractivity contribution in [2.75, 3.05) is 23.7 Å². The number of hydrogen-bond acceptors (Lipinski definition) is 6. The van der Waals surface area contributed by atoms with Gasteiger partial charge < -0.3 is 9.73 Å². The Morgan fingerprint density at radius 3 is 2.81 bits per heavy atom. The first-order valence-electron chi connectivity index (χ1n) is 9.29. The molecule has 1 aliphatic heterocycles. The van der Waals surface area contributed by atoms with Gasteiger partial charge in [-0.25, -0.2) is 4.98 Å². The first kappa shape index (κ1) is 21.1. The fourth-order valence-corrected chi connectivity index (χ4v) is 4.22. The van der Waals surface area contributed by atoms with E-state index in [0.717, 1.165) is 22.7 Å². The van der Waals surface area contributed by atoms with Crippen molar-refractivity contribution in [2.45, 2.75) is 19.1 Å². The number of hydrogen-bond donors (Lipinski definition) is 2. The van der Waals surface area contributed by atoms with Crippen molar-refractivity contribution in [1.82, 2.24) is 9.88 Å². The standard InChI is InChI=1S/C20H17F3N4O3S/c21-20(22,23)13-2-1-3-14(8-13)24-17(28)10-27-6-4-15-16(9-27)31-19(25-15)26-18(29)12-5-7-30-11-12/h1-3,5,7-8,11H,4,6,9-10H2,(H,24,28)(H,25,26,29). The van der Waals surface area contributed by atoms with Crippen LogP contribution in [0, 0.1) is 0 Å². The number of rotatable bonds is 5.